The maximum absolute atomic E-state index is 12.6. The highest BCUT2D eigenvalue weighted by Crippen LogP contribution is 2.32. The summed E-state index contributed by atoms with van der Waals surface area (Å²) in [5.74, 6) is 0.0334. The average Bonchev–Trinajstić information content (AvgIpc) is 2.89. The molecule has 0 saturated carbocycles. The summed E-state index contributed by atoms with van der Waals surface area (Å²) in [6.45, 7) is 7.50. The Morgan fingerprint density at radius 3 is 2.26 bits per heavy atom. The number of rotatable bonds is 3. The van der Waals surface area contributed by atoms with Crippen LogP contribution >= 0.6 is 0 Å². The van der Waals surface area contributed by atoms with Gasteiger partial charge in [-0.2, -0.15) is 0 Å². The summed E-state index contributed by atoms with van der Waals surface area (Å²) < 4.78 is 5.51. The SMILES string of the molecule is CC1C[C@@H](Cc2ccc(-c3ccccc3)cc2)N(C(=O)OC(C)(C)C)C1O. The van der Waals surface area contributed by atoms with Gasteiger partial charge in [0.25, 0.3) is 0 Å². The van der Waals surface area contributed by atoms with Crippen LogP contribution in [-0.4, -0.2) is 34.0 Å². The zero-order valence-corrected chi connectivity index (χ0v) is 16.6. The van der Waals surface area contributed by atoms with E-state index in [0.29, 0.717) is 6.42 Å². The third kappa shape index (κ3) is 4.69. The summed E-state index contributed by atoms with van der Waals surface area (Å²) in [6.07, 6.45) is 0.231. The molecule has 0 spiro atoms. The minimum absolute atomic E-state index is 0.0334. The number of benzene rings is 2. The topological polar surface area (TPSA) is 49.8 Å². The second kappa shape index (κ2) is 7.73. The van der Waals surface area contributed by atoms with Gasteiger partial charge in [0.1, 0.15) is 11.8 Å². The quantitative estimate of drug-likeness (QED) is 0.843. The molecular weight excluding hydrogens is 338 g/mol. The lowest BCUT2D eigenvalue weighted by molar-refractivity contribution is -0.0334. The van der Waals surface area contributed by atoms with Gasteiger partial charge in [-0.25, -0.2) is 4.79 Å². The number of carbonyl (C=O) groups is 1. The molecule has 2 unspecified atom stereocenters. The van der Waals surface area contributed by atoms with Gasteiger partial charge in [0, 0.05) is 12.0 Å². The van der Waals surface area contributed by atoms with Gasteiger partial charge in [-0.05, 0) is 50.3 Å². The third-order valence-corrected chi connectivity index (χ3v) is 4.97. The van der Waals surface area contributed by atoms with Gasteiger partial charge in [0.2, 0.25) is 0 Å². The number of nitrogens with zero attached hydrogens (tertiary/aromatic N) is 1. The number of hydrogen-bond acceptors (Lipinski definition) is 3. The average molecular weight is 367 g/mol. The van der Waals surface area contributed by atoms with E-state index in [1.165, 1.54) is 16.0 Å². The minimum Gasteiger partial charge on any atom is -0.444 e. The Morgan fingerprint density at radius 2 is 1.67 bits per heavy atom. The predicted molar refractivity (Wildman–Crippen MR) is 107 cm³/mol. The summed E-state index contributed by atoms with van der Waals surface area (Å²) in [4.78, 5) is 14.1. The Kier molecular flexibility index (Phi) is 5.56. The lowest BCUT2D eigenvalue weighted by atomic mass is 9.98. The normalized spacial score (nSPS) is 22.7. The maximum Gasteiger partial charge on any atom is 0.412 e. The van der Waals surface area contributed by atoms with E-state index in [1.807, 2.05) is 45.9 Å². The number of ether oxygens (including phenoxy) is 1. The third-order valence-electron chi connectivity index (χ3n) is 4.97. The molecule has 3 atom stereocenters. The Morgan fingerprint density at radius 1 is 1.07 bits per heavy atom. The molecule has 4 heteroatoms. The minimum atomic E-state index is -0.798. The summed E-state index contributed by atoms with van der Waals surface area (Å²) >= 11 is 0. The van der Waals surface area contributed by atoms with Crippen molar-refractivity contribution < 1.29 is 14.6 Å². The largest absolute Gasteiger partial charge is 0.444 e. The van der Waals surface area contributed by atoms with Crippen LogP contribution in [0.2, 0.25) is 0 Å². The fraction of sp³-hybridized carbons (Fsp3) is 0.435. The van der Waals surface area contributed by atoms with Gasteiger partial charge in [-0.3, -0.25) is 4.90 Å². The molecule has 1 aliphatic rings. The van der Waals surface area contributed by atoms with Crippen molar-refractivity contribution in [1.82, 2.24) is 4.90 Å². The van der Waals surface area contributed by atoms with Crippen molar-refractivity contribution in [1.29, 1.82) is 0 Å². The highest BCUT2D eigenvalue weighted by Gasteiger charge is 2.42. The van der Waals surface area contributed by atoms with E-state index in [2.05, 4.69) is 36.4 Å². The van der Waals surface area contributed by atoms with Gasteiger partial charge < -0.3 is 9.84 Å². The first-order valence-corrected chi connectivity index (χ1v) is 9.58. The van der Waals surface area contributed by atoms with Crippen LogP contribution in [-0.2, 0) is 11.2 Å². The van der Waals surface area contributed by atoms with Crippen LogP contribution in [0.3, 0.4) is 0 Å². The number of aliphatic hydroxyl groups excluding tert-OH is 1. The lowest BCUT2D eigenvalue weighted by Crippen LogP contribution is -2.45. The molecule has 3 rings (SSSR count). The van der Waals surface area contributed by atoms with Crippen molar-refractivity contribution in [3.8, 4) is 11.1 Å². The highest BCUT2D eigenvalue weighted by molar-refractivity contribution is 5.69. The van der Waals surface area contributed by atoms with E-state index < -0.39 is 17.9 Å². The first-order valence-electron chi connectivity index (χ1n) is 9.58. The first-order chi connectivity index (χ1) is 12.7. The molecule has 4 nitrogen and oxygen atoms in total. The summed E-state index contributed by atoms with van der Waals surface area (Å²) in [7, 11) is 0. The molecule has 0 bridgehead atoms. The Labute approximate surface area is 161 Å². The Hall–Kier alpha value is -2.33. The van der Waals surface area contributed by atoms with Crippen LogP contribution in [0.5, 0.6) is 0 Å². The molecule has 1 N–H and O–H groups in total. The fourth-order valence-corrected chi connectivity index (χ4v) is 3.64. The molecule has 144 valence electrons. The maximum atomic E-state index is 12.6. The van der Waals surface area contributed by atoms with E-state index in [4.69, 9.17) is 4.74 Å². The van der Waals surface area contributed by atoms with Crippen LogP contribution in [0.15, 0.2) is 54.6 Å². The molecule has 27 heavy (non-hydrogen) atoms. The van der Waals surface area contributed by atoms with Gasteiger partial charge >= 0.3 is 6.09 Å². The van der Waals surface area contributed by atoms with Crippen LogP contribution in [0.4, 0.5) is 4.79 Å². The zero-order valence-electron chi connectivity index (χ0n) is 16.6. The van der Waals surface area contributed by atoms with E-state index >= 15 is 0 Å². The standard InChI is InChI=1S/C23H29NO3/c1-16-14-20(24(21(16)25)22(26)27-23(2,3)4)15-17-10-12-19(13-11-17)18-8-6-5-7-9-18/h5-13,16,20-21,25H,14-15H2,1-4H3/t16?,20-,21?/m0/s1. The number of amides is 1. The number of hydrogen-bond donors (Lipinski definition) is 1. The van der Waals surface area contributed by atoms with Gasteiger partial charge in [-0.15, -0.1) is 0 Å². The van der Waals surface area contributed by atoms with Gasteiger partial charge in [0.05, 0.1) is 0 Å². The predicted octanol–water partition coefficient (Wildman–Crippen LogP) is 4.86. The number of aliphatic hydroxyl groups is 1. The van der Waals surface area contributed by atoms with Crippen molar-refractivity contribution in [3.63, 3.8) is 0 Å². The Balaban J connectivity index is 1.74. The molecule has 0 aliphatic carbocycles. The first kappa shape index (κ1) is 19.4. The summed E-state index contributed by atoms with van der Waals surface area (Å²) in [6, 6.07) is 18.6. The van der Waals surface area contributed by atoms with Gasteiger partial charge in [0.15, 0.2) is 0 Å². The summed E-state index contributed by atoms with van der Waals surface area (Å²) in [5, 5.41) is 10.5. The smallest absolute Gasteiger partial charge is 0.412 e. The van der Waals surface area contributed by atoms with Crippen molar-refractivity contribution in [2.75, 3.05) is 0 Å². The number of carbonyl (C=O) groups excluding carboxylic acids is 1. The van der Waals surface area contributed by atoms with Gasteiger partial charge in [-0.1, -0.05) is 61.5 Å². The molecule has 1 aliphatic heterocycles. The lowest BCUT2D eigenvalue weighted by Gasteiger charge is -2.31. The van der Waals surface area contributed by atoms with E-state index in [-0.39, 0.29) is 12.0 Å². The van der Waals surface area contributed by atoms with Crippen LogP contribution in [0.1, 0.15) is 39.7 Å². The van der Waals surface area contributed by atoms with Crippen molar-refractivity contribution in [2.45, 2.75) is 58.4 Å². The van der Waals surface area contributed by atoms with Crippen molar-refractivity contribution in [3.05, 3.63) is 60.2 Å². The van der Waals surface area contributed by atoms with Crippen LogP contribution < -0.4 is 0 Å². The monoisotopic (exact) mass is 367 g/mol. The molecule has 0 aromatic heterocycles. The molecule has 1 amide bonds. The van der Waals surface area contributed by atoms with E-state index in [0.717, 1.165) is 12.0 Å². The fourth-order valence-electron chi connectivity index (χ4n) is 3.64. The molecule has 1 fully saturated rings. The van der Waals surface area contributed by atoms with Crippen molar-refractivity contribution >= 4 is 6.09 Å². The van der Waals surface area contributed by atoms with E-state index in [1.54, 1.807) is 0 Å². The molecule has 2 aromatic carbocycles. The molecular formula is C23H29NO3. The second-order valence-corrected chi connectivity index (χ2v) is 8.44. The van der Waals surface area contributed by atoms with Crippen LogP contribution in [0.25, 0.3) is 11.1 Å². The highest BCUT2D eigenvalue weighted by atomic mass is 16.6. The van der Waals surface area contributed by atoms with Crippen molar-refractivity contribution in [2.24, 2.45) is 5.92 Å². The number of likely N-dealkylation sites (tertiary alicyclic amines) is 1. The van der Waals surface area contributed by atoms with Crippen LogP contribution in [0, 0.1) is 5.92 Å². The molecule has 1 heterocycles. The molecule has 0 radical (unpaired) electrons. The Bertz CT molecular complexity index is 764. The summed E-state index contributed by atoms with van der Waals surface area (Å²) in [5.41, 5.74) is 2.92. The second-order valence-electron chi connectivity index (χ2n) is 8.44. The molecule has 2 aromatic rings. The van der Waals surface area contributed by atoms with E-state index in [9.17, 15) is 9.90 Å². The molecule has 1 saturated heterocycles. The zero-order chi connectivity index (χ0) is 19.6.